The fourth-order valence-electron chi connectivity index (χ4n) is 3.15. The van der Waals surface area contributed by atoms with E-state index in [0.29, 0.717) is 12.1 Å². The van der Waals surface area contributed by atoms with Crippen molar-refractivity contribution in [3.8, 4) is 28.4 Å². The molecule has 142 valence electrons. The van der Waals surface area contributed by atoms with Gasteiger partial charge in [-0.25, -0.2) is 4.68 Å². The predicted octanol–water partition coefficient (Wildman–Crippen LogP) is 4.56. The first kappa shape index (κ1) is 19.0. The lowest BCUT2D eigenvalue weighted by Crippen LogP contribution is -2.21. The maximum atomic E-state index is 10.9. The Kier molecular flexibility index (Phi) is 5.51. The molecule has 5 heteroatoms. The molecule has 0 radical (unpaired) electrons. The normalized spacial score (nSPS) is 13.2. The Balaban J connectivity index is 2.11. The van der Waals surface area contributed by atoms with Crippen molar-refractivity contribution in [2.75, 3.05) is 14.2 Å². The molecule has 0 aliphatic rings. The maximum absolute atomic E-state index is 10.9. The van der Waals surface area contributed by atoms with Crippen LogP contribution in [0.4, 0.5) is 0 Å². The first-order valence-electron chi connectivity index (χ1n) is 9.10. The summed E-state index contributed by atoms with van der Waals surface area (Å²) in [5.74, 6) is 1.59. The number of hydrogen-bond donors (Lipinski definition) is 1. The molecule has 0 bridgehead atoms. The number of aromatic nitrogens is 2. The summed E-state index contributed by atoms with van der Waals surface area (Å²) in [7, 11) is 3.29. The van der Waals surface area contributed by atoms with Crippen LogP contribution in [-0.2, 0) is 5.60 Å². The van der Waals surface area contributed by atoms with E-state index in [1.165, 1.54) is 0 Å². The van der Waals surface area contributed by atoms with Gasteiger partial charge in [-0.1, -0.05) is 13.3 Å². The molecular formula is C22H26N2O3. The van der Waals surface area contributed by atoms with Crippen molar-refractivity contribution in [1.29, 1.82) is 0 Å². The standard InChI is InChI=1S/C22H26N2O3/c1-5-14-22(2,25)21-15-20(16-6-10-18(26-3)11-7-16)24(23-21)17-8-12-19(27-4)13-9-17/h6-13,15,25H,5,14H2,1-4H3. The van der Waals surface area contributed by atoms with Gasteiger partial charge < -0.3 is 14.6 Å². The fraction of sp³-hybridized carbons (Fsp3) is 0.318. The lowest BCUT2D eigenvalue weighted by Gasteiger charge is -2.19. The Bertz CT molecular complexity index is 816. The van der Waals surface area contributed by atoms with Crippen LogP contribution in [0.5, 0.6) is 11.5 Å². The third-order valence-corrected chi connectivity index (χ3v) is 4.70. The summed E-state index contributed by atoms with van der Waals surface area (Å²) < 4.78 is 12.4. The zero-order valence-corrected chi connectivity index (χ0v) is 16.3. The van der Waals surface area contributed by atoms with Crippen LogP contribution in [0.1, 0.15) is 32.4 Å². The summed E-state index contributed by atoms with van der Waals surface area (Å²) in [5.41, 5.74) is 2.49. The molecule has 5 nitrogen and oxygen atoms in total. The van der Waals surface area contributed by atoms with Crippen molar-refractivity contribution < 1.29 is 14.6 Å². The van der Waals surface area contributed by atoms with E-state index in [1.807, 2.05) is 66.2 Å². The third-order valence-electron chi connectivity index (χ3n) is 4.70. The molecule has 0 aliphatic heterocycles. The minimum Gasteiger partial charge on any atom is -0.497 e. The highest BCUT2D eigenvalue weighted by Gasteiger charge is 2.27. The van der Waals surface area contributed by atoms with Gasteiger partial charge in [0.15, 0.2) is 0 Å². The van der Waals surface area contributed by atoms with E-state index in [4.69, 9.17) is 14.6 Å². The number of benzene rings is 2. The van der Waals surface area contributed by atoms with Crippen molar-refractivity contribution >= 4 is 0 Å². The second-order valence-electron chi connectivity index (χ2n) is 6.78. The highest BCUT2D eigenvalue weighted by molar-refractivity contribution is 5.64. The van der Waals surface area contributed by atoms with E-state index in [9.17, 15) is 5.11 Å². The quantitative estimate of drug-likeness (QED) is 0.666. The predicted molar refractivity (Wildman–Crippen MR) is 107 cm³/mol. The van der Waals surface area contributed by atoms with Gasteiger partial charge in [0.25, 0.3) is 0 Å². The number of methoxy groups -OCH3 is 2. The first-order chi connectivity index (χ1) is 13.0. The number of aliphatic hydroxyl groups is 1. The van der Waals surface area contributed by atoms with Crippen molar-refractivity contribution in [1.82, 2.24) is 9.78 Å². The monoisotopic (exact) mass is 366 g/mol. The number of nitrogens with zero attached hydrogens (tertiary/aromatic N) is 2. The Hall–Kier alpha value is -2.79. The first-order valence-corrected chi connectivity index (χ1v) is 9.10. The van der Waals surface area contributed by atoms with Crippen molar-refractivity contribution in [3.05, 3.63) is 60.3 Å². The number of ether oxygens (including phenoxy) is 2. The van der Waals surface area contributed by atoms with Gasteiger partial charge in [-0.3, -0.25) is 0 Å². The molecule has 0 amide bonds. The molecule has 2 aromatic carbocycles. The van der Waals surface area contributed by atoms with Gasteiger partial charge in [0.1, 0.15) is 17.1 Å². The third kappa shape index (κ3) is 3.98. The van der Waals surface area contributed by atoms with Gasteiger partial charge in [-0.2, -0.15) is 5.10 Å². The summed E-state index contributed by atoms with van der Waals surface area (Å²) in [6, 6.07) is 17.5. The Morgan fingerprint density at radius 3 is 2.04 bits per heavy atom. The molecule has 1 heterocycles. The van der Waals surface area contributed by atoms with Crippen LogP contribution in [0.2, 0.25) is 0 Å². The van der Waals surface area contributed by atoms with Gasteiger partial charge >= 0.3 is 0 Å². The van der Waals surface area contributed by atoms with E-state index < -0.39 is 5.60 Å². The van der Waals surface area contributed by atoms with E-state index in [0.717, 1.165) is 34.9 Å². The van der Waals surface area contributed by atoms with Crippen LogP contribution < -0.4 is 9.47 Å². The summed E-state index contributed by atoms with van der Waals surface area (Å²) >= 11 is 0. The van der Waals surface area contributed by atoms with Crippen molar-refractivity contribution in [2.45, 2.75) is 32.3 Å². The lowest BCUT2D eigenvalue weighted by molar-refractivity contribution is 0.0421. The molecule has 1 aromatic heterocycles. The van der Waals surface area contributed by atoms with E-state index in [2.05, 4.69) is 6.92 Å². The van der Waals surface area contributed by atoms with Gasteiger partial charge in [0.2, 0.25) is 0 Å². The minimum absolute atomic E-state index is 0.647. The van der Waals surface area contributed by atoms with Crippen LogP contribution in [0.25, 0.3) is 16.9 Å². The highest BCUT2D eigenvalue weighted by atomic mass is 16.5. The summed E-state index contributed by atoms with van der Waals surface area (Å²) in [5, 5.41) is 15.6. The summed E-state index contributed by atoms with van der Waals surface area (Å²) in [6.07, 6.45) is 1.52. The molecule has 1 atom stereocenters. The Morgan fingerprint density at radius 2 is 1.52 bits per heavy atom. The maximum Gasteiger partial charge on any atom is 0.119 e. The largest absolute Gasteiger partial charge is 0.497 e. The molecule has 0 saturated heterocycles. The lowest BCUT2D eigenvalue weighted by atomic mass is 9.96. The average molecular weight is 366 g/mol. The smallest absolute Gasteiger partial charge is 0.119 e. The summed E-state index contributed by atoms with van der Waals surface area (Å²) in [4.78, 5) is 0. The van der Waals surface area contributed by atoms with Gasteiger partial charge in [-0.05, 0) is 67.9 Å². The molecule has 27 heavy (non-hydrogen) atoms. The summed E-state index contributed by atoms with van der Waals surface area (Å²) in [6.45, 7) is 3.87. The van der Waals surface area contributed by atoms with Crippen LogP contribution in [0.15, 0.2) is 54.6 Å². The van der Waals surface area contributed by atoms with Gasteiger partial charge in [0, 0.05) is 5.56 Å². The Morgan fingerprint density at radius 1 is 0.963 bits per heavy atom. The fourth-order valence-corrected chi connectivity index (χ4v) is 3.15. The molecule has 0 saturated carbocycles. The molecule has 0 spiro atoms. The Labute approximate surface area is 160 Å². The SMILES string of the molecule is CCCC(C)(O)c1cc(-c2ccc(OC)cc2)n(-c2ccc(OC)cc2)n1. The van der Waals surface area contributed by atoms with Crippen LogP contribution in [-0.4, -0.2) is 29.1 Å². The van der Waals surface area contributed by atoms with Crippen molar-refractivity contribution in [3.63, 3.8) is 0 Å². The van der Waals surface area contributed by atoms with Crippen LogP contribution in [0.3, 0.4) is 0 Å². The topological polar surface area (TPSA) is 56.5 Å². The molecule has 3 aromatic rings. The molecule has 3 rings (SSSR count). The zero-order chi connectivity index (χ0) is 19.4. The van der Waals surface area contributed by atoms with E-state index >= 15 is 0 Å². The van der Waals surface area contributed by atoms with Gasteiger partial charge in [0.05, 0.1) is 31.3 Å². The highest BCUT2D eigenvalue weighted by Crippen LogP contribution is 2.32. The molecule has 1 N–H and O–H groups in total. The number of hydrogen-bond acceptors (Lipinski definition) is 4. The average Bonchev–Trinajstić information content (AvgIpc) is 3.14. The molecule has 1 unspecified atom stereocenters. The second kappa shape index (κ2) is 7.84. The van der Waals surface area contributed by atoms with E-state index in [1.54, 1.807) is 14.2 Å². The van der Waals surface area contributed by atoms with Crippen LogP contribution >= 0.6 is 0 Å². The zero-order valence-electron chi connectivity index (χ0n) is 16.3. The molecule has 0 fully saturated rings. The van der Waals surface area contributed by atoms with Crippen LogP contribution in [0, 0.1) is 0 Å². The van der Waals surface area contributed by atoms with E-state index in [-0.39, 0.29) is 0 Å². The van der Waals surface area contributed by atoms with Crippen molar-refractivity contribution in [2.24, 2.45) is 0 Å². The minimum atomic E-state index is -0.978. The second-order valence-corrected chi connectivity index (χ2v) is 6.78. The number of rotatable bonds is 7. The molecular weight excluding hydrogens is 340 g/mol. The van der Waals surface area contributed by atoms with Gasteiger partial charge in [-0.15, -0.1) is 0 Å². The molecule has 0 aliphatic carbocycles.